The molecular weight excluding hydrogens is 194 g/mol. The Balaban J connectivity index is 1.84. The zero-order valence-electron chi connectivity index (χ0n) is 11.1. The Morgan fingerprint density at radius 3 is 2.12 bits per heavy atom. The van der Waals surface area contributed by atoms with Gasteiger partial charge in [-0.2, -0.15) is 0 Å². The maximum Gasteiger partial charge on any atom is 0.165 e. The van der Waals surface area contributed by atoms with Crippen LogP contribution in [0.3, 0.4) is 0 Å². The van der Waals surface area contributed by atoms with Crippen molar-refractivity contribution in [3.05, 3.63) is 12.3 Å². The number of hydrogen-bond donors (Lipinski definition) is 0. The minimum absolute atomic E-state index is 0.713. The molecule has 0 saturated heterocycles. The van der Waals surface area contributed by atoms with Crippen molar-refractivity contribution in [3.8, 4) is 0 Å². The molecule has 0 aromatic carbocycles. The van der Waals surface area contributed by atoms with E-state index in [1.54, 1.807) is 0 Å². The Kier molecular flexibility index (Phi) is 7.20. The first-order valence-electron chi connectivity index (χ1n) is 7.08. The van der Waals surface area contributed by atoms with E-state index in [1.165, 1.54) is 57.8 Å². The van der Waals surface area contributed by atoms with E-state index in [4.69, 9.17) is 0 Å². The maximum absolute atomic E-state index is 2.32. The number of nitrogens with zero attached hydrogens (tertiary/aromatic N) is 1. The maximum atomic E-state index is 2.32. The minimum Gasteiger partial charge on any atom is -0.211 e. The molecule has 1 atom stereocenters. The second kappa shape index (κ2) is 8.55. The molecule has 0 radical (unpaired) electrons. The van der Waals surface area contributed by atoms with Crippen LogP contribution in [0.25, 0.3) is 0 Å². The average molecular weight is 222 g/mol. The lowest BCUT2D eigenvalue weighted by Gasteiger charge is -2.02. The number of allylic oxidation sites excluding steroid dienone is 1. The first-order valence-corrected chi connectivity index (χ1v) is 7.08. The summed E-state index contributed by atoms with van der Waals surface area (Å²) < 4.78 is 2.18. The molecular formula is C15H28N+. The molecule has 0 aliphatic carbocycles. The van der Waals surface area contributed by atoms with E-state index >= 15 is 0 Å². The molecule has 0 saturated carbocycles. The summed E-state index contributed by atoms with van der Waals surface area (Å²) in [6.45, 7) is 2.28. The Morgan fingerprint density at radius 2 is 1.56 bits per heavy atom. The molecule has 0 aromatic rings. The van der Waals surface area contributed by atoms with E-state index in [-0.39, 0.29) is 0 Å². The van der Waals surface area contributed by atoms with Crippen LogP contribution in [-0.2, 0) is 0 Å². The molecule has 1 nitrogen and oxygen atoms in total. The third-order valence-electron chi connectivity index (χ3n) is 3.39. The van der Waals surface area contributed by atoms with Gasteiger partial charge in [0.05, 0.1) is 5.92 Å². The second-order valence-electron chi connectivity index (χ2n) is 5.08. The summed E-state index contributed by atoms with van der Waals surface area (Å²) in [7, 11) is 2.12. The van der Waals surface area contributed by atoms with Gasteiger partial charge in [-0.25, -0.2) is 4.58 Å². The highest BCUT2D eigenvalue weighted by molar-refractivity contribution is 5.59. The van der Waals surface area contributed by atoms with Crippen molar-refractivity contribution >= 4 is 6.21 Å². The van der Waals surface area contributed by atoms with E-state index in [9.17, 15) is 0 Å². The highest BCUT2D eigenvalue weighted by Gasteiger charge is 2.11. The summed E-state index contributed by atoms with van der Waals surface area (Å²) in [5, 5.41) is 0. The number of hydrogen-bond acceptors (Lipinski definition) is 0. The van der Waals surface area contributed by atoms with Gasteiger partial charge in [0.25, 0.3) is 0 Å². The molecule has 0 bridgehead atoms. The van der Waals surface area contributed by atoms with Crippen molar-refractivity contribution in [2.45, 2.75) is 64.7 Å². The number of unbranched alkanes of at least 4 members (excludes halogenated alkanes) is 7. The van der Waals surface area contributed by atoms with Crippen molar-refractivity contribution in [1.29, 1.82) is 0 Å². The monoisotopic (exact) mass is 222 g/mol. The minimum atomic E-state index is 0.713. The summed E-state index contributed by atoms with van der Waals surface area (Å²) in [4.78, 5) is 0. The third kappa shape index (κ3) is 6.09. The van der Waals surface area contributed by atoms with Gasteiger partial charge in [0.15, 0.2) is 12.4 Å². The lowest BCUT2D eigenvalue weighted by Crippen LogP contribution is -1.99. The number of rotatable bonds is 9. The van der Waals surface area contributed by atoms with Crippen LogP contribution in [0, 0.1) is 5.92 Å². The smallest absolute Gasteiger partial charge is 0.165 e. The van der Waals surface area contributed by atoms with Gasteiger partial charge in [0.1, 0.15) is 7.05 Å². The van der Waals surface area contributed by atoms with E-state index in [0.29, 0.717) is 5.92 Å². The fourth-order valence-corrected chi connectivity index (χ4v) is 2.33. The molecule has 1 aliphatic rings. The molecule has 1 heterocycles. The van der Waals surface area contributed by atoms with E-state index in [0.717, 1.165) is 0 Å². The summed E-state index contributed by atoms with van der Waals surface area (Å²) in [6, 6.07) is 0. The van der Waals surface area contributed by atoms with Gasteiger partial charge in [0, 0.05) is 0 Å². The van der Waals surface area contributed by atoms with E-state index < -0.39 is 0 Å². The zero-order valence-corrected chi connectivity index (χ0v) is 11.1. The molecule has 1 rings (SSSR count). The van der Waals surface area contributed by atoms with Crippen LogP contribution < -0.4 is 0 Å². The van der Waals surface area contributed by atoms with Gasteiger partial charge in [-0.1, -0.05) is 58.3 Å². The zero-order chi connectivity index (χ0) is 11.6. The molecule has 0 aromatic heterocycles. The summed E-state index contributed by atoms with van der Waals surface area (Å²) >= 11 is 0. The third-order valence-corrected chi connectivity index (χ3v) is 3.39. The highest BCUT2D eigenvalue weighted by Crippen LogP contribution is 2.14. The predicted octanol–water partition coefficient (Wildman–Crippen LogP) is 4.37. The molecule has 1 unspecified atom stereocenters. The van der Waals surface area contributed by atoms with Crippen LogP contribution in [0.1, 0.15) is 64.7 Å². The van der Waals surface area contributed by atoms with Gasteiger partial charge in [0.2, 0.25) is 0 Å². The molecule has 1 aliphatic heterocycles. The molecule has 0 spiro atoms. The molecule has 16 heavy (non-hydrogen) atoms. The van der Waals surface area contributed by atoms with Crippen LogP contribution in [-0.4, -0.2) is 17.8 Å². The predicted molar refractivity (Wildman–Crippen MR) is 72.1 cm³/mol. The summed E-state index contributed by atoms with van der Waals surface area (Å²) in [5.41, 5.74) is 0. The van der Waals surface area contributed by atoms with Crippen LogP contribution >= 0.6 is 0 Å². The average Bonchev–Trinajstić information content (AvgIpc) is 2.68. The van der Waals surface area contributed by atoms with Crippen molar-refractivity contribution < 1.29 is 4.58 Å². The van der Waals surface area contributed by atoms with Crippen molar-refractivity contribution in [1.82, 2.24) is 0 Å². The van der Waals surface area contributed by atoms with Crippen LogP contribution in [0.5, 0.6) is 0 Å². The fourth-order valence-electron chi connectivity index (χ4n) is 2.33. The molecule has 1 heteroatoms. The van der Waals surface area contributed by atoms with Crippen molar-refractivity contribution in [2.75, 3.05) is 7.05 Å². The standard InChI is InChI=1S/C15H28N/c1-3-4-5-6-7-8-9-10-11-15-12-13-16(2)14-15/h12-15H,3-11H2,1-2H3/q+1. The van der Waals surface area contributed by atoms with Gasteiger partial charge in [-0.05, 0) is 12.5 Å². The van der Waals surface area contributed by atoms with Gasteiger partial charge < -0.3 is 0 Å². The van der Waals surface area contributed by atoms with Crippen LogP contribution in [0.4, 0.5) is 0 Å². The lowest BCUT2D eigenvalue weighted by atomic mass is 10.0. The summed E-state index contributed by atoms with van der Waals surface area (Å²) in [6.07, 6.45) is 19.5. The quantitative estimate of drug-likeness (QED) is 0.402. The SMILES string of the molecule is CCCCCCCCCCC1C=C[N+](C)=C1. The normalized spacial score (nSPS) is 19.1. The van der Waals surface area contributed by atoms with Crippen molar-refractivity contribution in [2.24, 2.45) is 5.92 Å². The molecule has 0 fully saturated rings. The Labute approximate surface area is 101 Å². The largest absolute Gasteiger partial charge is 0.211 e. The lowest BCUT2D eigenvalue weighted by molar-refractivity contribution is -0.414. The van der Waals surface area contributed by atoms with Crippen LogP contribution in [0.2, 0.25) is 0 Å². The first kappa shape index (κ1) is 13.5. The summed E-state index contributed by atoms with van der Waals surface area (Å²) in [5.74, 6) is 0.713. The molecule has 0 amide bonds. The Hall–Kier alpha value is -0.590. The Morgan fingerprint density at radius 1 is 0.938 bits per heavy atom. The molecule has 92 valence electrons. The first-order chi connectivity index (χ1) is 7.83. The molecule has 0 N–H and O–H groups in total. The van der Waals surface area contributed by atoms with E-state index in [2.05, 4.69) is 37.0 Å². The second-order valence-corrected chi connectivity index (χ2v) is 5.08. The topological polar surface area (TPSA) is 3.01 Å². The fraction of sp³-hybridized carbons (Fsp3) is 0.800. The van der Waals surface area contributed by atoms with Gasteiger partial charge in [-0.3, -0.25) is 0 Å². The van der Waals surface area contributed by atoms with Crippen molar-refractivity contribution in [3.63, 3.8) is 0 Å². The van der Waals surface area contributed by atoms with E-state index in [1.807, 2.05) is 0 Å². The van der Waals surface area contributed by atoms with Crippen LogP contribution in [0.15, 0.2) is 12.3 Å². The van der Waals surface area contributed by atoms with Gasteiger partial charge in [-0.15, -0.1) is 0 Å². The van der Waals surface area contributed by atoms with Gasteiger partial charge >= 0.3 is 0 Å². The highest BCUT2D eigenvalue weighted by atomic mass is 14.9. The Bertz CT molecular complexity index is 228.